The van der Waals surface area contributed by atoms with Crippen LogP contribution in [0.4, 0.5) is 0 Å². The fourth-order valence-electron chi connectivity index (χ4n) is 4.38. The van der Waals surface area contributed by atoms with Gasteiger partial charge < -0.3 is 14.6 Å². The fraction of sp³-hybridized carbons (Fsp3) is 0.250. The first kappa shape index (κ1) is 19.7. The molecule has 164 valence electrons. The molecule has 0 aliphatic heterocycles. The van der Waals surface area contributed by atoms with Crippen molar-refractivity contribution in [3.63, 3.8) is 0 Å². The molecule has 9 nitrogen and oxygen atoms in total. The van der Waals surface area contributed by atoms with Crippen LogP contribution >= 0.6 is 0 Å². The van der Waals surface area contributed by atoms with Crippen LogP contribution in [-0.4, -0.2) is 40.2 Å². The molecule has 0 atom stereocenters. The lowest BCUT2D eigenvalue weighted by atomic mass is 9.84. The van der Waals surface area contributed by atoms with E-state index in [1.54, 1.807) is 24.8 Å². The molecule has 6 rings (SSSR count). The molecular weight excluding hydrogens is 418 g/mol. The number of nitrogens with one attached hydrogen (secondary N) is 1. The largest absolute Gasteiger partial charge is 0.373 e. The van der Waals surface area contributed by atoms with Crippen LogP contribution in [0.5, 0.6) is 0 Å². The maximum atomic E-state index is 12.3. The summed E-state index contributed by atoms with van der Waals surface area (Å²) in [5.74, 6) is 2.03. The molecule has 0 unspecified atom stereocenters. The molecule has 1 aliphatic carbocycles. The van der Waals surface area contributed by atoms with E-state index in [2.05, 4.69) is 30.1 Å². The van der Waals surface area contributed by atoms with Crippen molar-refractivity contribution in [1.82, 2.24) is 35.1 Å². The molecule has 0 amide bonds. The number of aryl methyl sites for hydroxylation is 2. The third-order valence-corrected chi connectivity index (χ3v) is 6.15. The SMILES string of the molecule is Cc1noc(C)c1-c1cc(C(O)(c2cnccn2)c2cnccn2)c2nc(C3CC3)[nH]c2c1. The van der Waals surface area contributed by atoms with E-state index in [1.165, 1.54) is 12.4 Å². The Labute approximate surface area is 189 Å². The summed E-state index contributed by atoms with van der Waals surface area (Å²) >= 11 is 0. The average molecular weight is 439 g/mol. The number of benzene rings is 1. The molecule has 1 aromatic carbocycles. The highest BCUT2D eigenvalue weighted by Gasteiger charge is 2.41. The predicted molar refractivity (Wildman–Crippen MR) is 119 cm³/mol. The number of rotatable bonds is 5. The maximum Gasteiger partial charge on any atom is 0.179 e. The smallest absolute Gasteiger partial charge is 0.179 e. The van der Waals surface area contributed by atoms with E-state index < -0.39 is 5.60 Å². The quantitative estimate of drug-likeness (QED) is 0.425. The van der Waals surface area contributed by atoms with Crippen LogP contribution in [0.25, 0.3) is 22.2 Å². The lowest BCUT2D eigenvalue weighted by Gasteiger charge is -2.27. The first-order valence-electron chi connectivity index (χ1n) is 10.8. The summed E-state index contributed by atoms with van der Waals surface area (Å²) in [6.07, 6.45) is 11.5. The second-order valence-corrected chi connectivity index (χ2v) is 8.41. The van der Waals surface area contributed by atoms with E-state index in [-0.39, 0.29) is 0 Å². The maximum absolute atomic E-state index is 12.3. The Balaban J connectivity index is 1.70. The molecule has 4 heterocycles. The van der Waals surface area contributed by atoms with E-state index in [0.29, 0.717) is 34.1 Å². The van der Waals surface area contributed by atoms with Crippen LogP contribution in [0.3, 0.4) is 0 Å². The highest BCUT2D eigenvalue weighted by molar-refractivity contribution is 5.88. The molecule has 0 bridgehead atoms. The van der Waals surface area contributed by atoms with Gasteiger partial charge in [-0.3, -0.25) is 19.9 Å². The van der Waals surface area contributed by atoms with Crippen molar-refractivity contribution < 1.29 is 9.63 Å². The molecule has 9 heteroatoms. The van der Waals surface area contributed by atoms with Gasteiger partial charge in [0.05, 0.1) is 29.1 Å². The number of aromatic amines is 1. The Morgan fingerprint density at radius 1 is 1.00 bits per heavy atom. The minimum absolute atomic E-state index is 0.332. The van der Waals surface area contributed by atoms with E-state index in [9.17, 15) is 5.11 Å². The standard InChI is InChI=1S/C24H21N7O2/c1-13-21(14(2)33-31-13)16-9-17(22-18(10-16)29-23(30-22)15-3-4-15)24(32,19-11-25-5-7-27-19)20-12-26-6-8-28-20/h5-12,15,32H,3-4H2,1-2H3,(H,29,30). The number of imidazole rings is 1. The van der Waals surface area contributed by atoms with Crippen molar-refractivity contribution >= 4 is 11.0 Å². The molecule has 5 aromatic rings. The number of fused-ring (bicyclic) bond motifs is 1. The molecule has 0 radical (unpaired) electrons. The van der Waals surface area contributed by atoms with Gasteiger partial charge in [-0.15, -0.1) is 0 Å². The number of H-pyrrole nitrogens is 1. The van der Waals surface area contributed by atoms with Gasteiger partial charge in [-0.2, -0.15) is 0 Å². The predicted octanol–water partition coefficient (Wildman–Crippen LogP) is 3.58. The molecule has 0 spiro atoms. The van der Waals surface area contributed by atoms with Gasteiger partial charge in [-0.25, -0.2) is 4.98 Å². The summed E-state index contributed by atoms with van der Waals surface area (Å²) in [4.78, 5) is 25.7. The van der Waals surface area contributed by atoms with Crippen molar-refractivity contribution in [2.75, 3.05) is 0 Å². The van der Waals surface area contributed by atoms with Crippen molar-refractivity contribution in [3.05, 3.63) is 83.5 Å². The summed E-state index contributed by atoms with van der Waals surface area (Å²) in [6, 6.07) is 3.94. The number of hydrogen-bond acceptors (Lipinski definition) is 8. The highest BCUT2D eigenvalue weighted by Crippen LogP contribution is 2.43. The van der Waals surface area contributed by atoms with Gasteiger partial charge in [0.1, 0.15) is 23.0 Å². The highest BCUT2D eigenvalue weighted by atomic mass is 16.5. The van der Waals surface area contributed by atoms with Crippen molar-refractivity contribution in [1.29, 1.82) is 0 Å². The average Bonchev–Trinajstić information content (AvgIpc) is 3.53. The number of aliphatic hydroxyl groups is 1. The Hall–Kier alpha value is -3.98. The minimum Gasteiger partial charge on any atom is -0.373 e. The van der Waals surface area contributed by atoms with E-state index in [0.717, 1.165) is 41.0 Å². The third kappa shape index (κ3) is 3.12. The molecule has 1 aliphatic rings. The molecule has 1 saturated carbocycles. The van der Waals surface area contributed by atoms with Crippen LogP contribution in [-0.2, 0) is 5.60 Å². The van der Waals surface area contributed by atoms with Gasteiger partial charge in [-0.05, 0) is 44.4 Å². The normalized spacial score (nSPS) is 14.2. The zero-order valence-electron chi connectivity index (χ0n) is 18.1. The summed E-state index contributed by atoms with van der Waals surface area (Å²) in [6.45, 7) is 3.77. The Kier molecular flexibility index (Phi) is 4.34. The van der Waals surface area contributed by atoms with Crippen molar-refractivity contribution in [2.24, 2.45) is 0 Å². The molecule has 33 heavy (non-hydrogen) atoms. The monoisotopic (exact) mass is 439 g/mol. The number of hydrogen-bond donors (Lipinski definition) is 2. The molecule has 1 fully saturated rings. The summed E-state index contributed by atoms with van der Waals surface area (Å²) in [5, 5.41) is 16.5. The Bertz CT molecular complexity index is 1400. The van der Waals surface area contributed by atoms with Gasteiger partial charge in [0.25, 0.3) is 0 Å². The zero-order valence-corrected chi connectivity index (χ0v) is 18.1. The summed E-state index contributed by atoms with van der Waals surface area (Å²) in [7, 11) is 0. The first-order valence-corrected chi connectivity index (χ1v) is 10.8. The molecular formula is C24H21N7O2. The van der Waals surface area contributed by atoms with Crippen LogP contribution < -0.4 is 0 Å². The molecule has 4 aromatic heterocycles. The second kappa shape index (κ2) is 7.28. The molecule has 0 saturated heterocycles. The Morgan fingerprint density at radius 2 is 1.70 bits per heavy atom. The topological polar surface area (TPSA) is 126 Å². The lowest BCUT2D eigenvalue weighted by Crippen LogP contribution is -2.32. The lowest BCUT2D eigenvalue weighted by molar-refractivity contribution is 0.116. The van der Waals surface area contributed by atoms with Gasteiger partial charge in [0.2, 0.25) is 0 Å². The Morgan fingerprint density at radius 3 is 2.24 bits per heavy atom. The van der Waals surface area contributed by atoms with Gasteiger partial charge >= 0.3 is 0 Å². The summed E-state index contributed by atoms with van der Waals surface area (Å²) < 4.78 is 5.43. The minimum atomic E-state index is -1.73. The van der Waals surface area contributed by atoms with Crippen LogP contribution in [0.1, 0.15) is 53.0 Å². The van der Waals surface area contributed by atoms with Crippen LogP contribution in [0.2, 0.25) is 0 Å². The van der Waals surface area contributed by atoms with E-state index in [1.807, 2.05) is 26.0 Å². The van der Waals surface area contributed by atoms with Gasteiger partial charge in [-0.1, -0.05) is 5.16 Å². The number of aromatic nitrogens is 7. The zero-order chi connectivity index (χ0) is 22.6. The van der Waals surface area contributed by atoms with Crippen LogP contribution in [0, 0.1) is 13.8 Å². The molecule has 2 N–H and O–H groups in total. The first-order chi connectivity index (χ1) is 16.1. The van der Waals surface area contributed by atoms with Crippen LogP contribution in [0.15, 0.2) is 53.8 Å². The van der Waals surface area contributed by atoms with E-state index >= 15 is 0 Å². The second-order valence-electron chi connectivity index (χ2n) is 8.41. The summed E-state index contributed by atoms with van der Waals surface area (Å²) in [5.41, 5.74) is 3.44. The van der Waals surface area contributed by atoms with Gasteiger partial charge in [0, 0.05) is 41.8 Å². The van der Waals surface area contributed by atoms with Crippen molar-refractivity contribution in [2.45, 2.75) is 38.2 Å². The fourth-order valence-corrected chi connectivity index (χ4v) is 4.38. The number of nitrogens with zero attached hydrogens (tertiary/aromatic N) is 6. The van der Waals surface area contributed by atoms with Gasteiger partial charge in [0.15, 0.2) is 5.60 Å². The van der Waals surface area contributed by atoms with E-state index in [4.69, 9.17) is 9.51 Å². The van der Waals surface area contributed by atoms with Crippen molar-refractivity contribution in [3.8, 4) is 11.1 Å². The third-order valence-electron chi connectivity index (χ3n) is 6.15.